The molecule has 1 N–H and O–H groups in total. The Balaban J connectivity index is 1.96. The van der Waals surface area contributed by atoms with Crippen LogP contribution in [0.25, 0.3) is 0 Å². The van der Waals surface area contributed by atoms with Gasteiger partial charge in [0.1, 0.15) is 0 Å². The van der Waals surface area contributed by atoms with Crippen LogP contribution in [0.3, 0.4) is 0 Å². The fourth-order valence-electron chi connectivity index (χ4n) is 2.78. The molecule has 1 aliphatic carbocycles. The molecule has 3 rings (SSSR count). The average molecular weight is 248 g/mol. The van der Waals surface area contributed by atoms with Crippen molar-refractivity contribution in [3.63, 3.8) is 0 Å². The molecule has 3 nitrogen and oxygen atoms in total. The minimum atomic E-state index is -0.0478. The molecule has 0 spiro atoms. The normalized spacial score (nSPS) is 36.8. The van der Waals surface area contributed by atoms with Gasteiger partial charge in [0.2, 0.25) is 0 Å². The van der Waals surface area contributed by atoms with E-state index in [2.05, 4.69) is 56.0 Å². The molecule has 0 aromatic carbocycles. The average Bonchev–Trinajstić information content (AvgIpc) is 2.72. The summed E-state index contributed by atoms with van der Waals surface area (Å²) in [5.41, 5.74) is 4.50. The molecule has 0 amide bonds. The van der Waals surface area contributed by atoms with Gasteiger partial charge in [0.25, 0.3) is 0 Å². The standard InChI is InChI=1S/C13H17N2OP/c17-15-8-12-9-16-14-13(12,10-15)11-6-4-2-1-3-5-7-11/h1-7,12,14H,8-10,17H2. The molecule has 2 aliphatic heterocycles. The number of fused-ring (bicyclic) bond motifs is 1. The van der Waals surface area contributed by atoms with E-state index < -0.39 is 0 Å². The molecule has 2 heterocycles. The van der Waals surface area contributed by atoms with Gasteiger partial charge in [-0.25, -0.2) is 0 Å². The third-order valence-electron chi connectivity index (χ3n) is 3.65. The Bertz CT molecular complexity index is 427. The third kappa shape index (κ3) is 1.94. The van der Waals surface area contributed by atoms with Crippen molar-refractivity contribution in [1.29, 1.82) is 0 Å². The number of nitrogens with one attached hydrogen (secondary N) is 1. The Labute approximate surface area is 104 Å². The van der Waals surface area contributed by atoms with Crippen molar-refractivity contribution >= 4 is 9.39 Å². The molecule has 0 saturated carbocycles. The summed E-state index contributed by atoms with van der Waals surface area (Å²) in [5.74, 6) is 0.521. The van der Waals surface area contributed by atoms with E-state index in [4.69, 9.17) is 4.84 Å². The molecule has 90 valence electrons. The minimum Gasteiger partial charge on any atom is -0.300 e. The highest BCUT2D eigenvalue weighted by Gasteiger charge is 2.51. The smallest absolute Gasteiger partial charge is 0.0873 e. The molecular weight excluding hydrogens is 231 g/mol. The van der Waals surface area contributed by atoms with Gasteiger partial charge in [0.05, 0.1) is 12.1 Å². The van der Waals surface area contributed by atoms with Gasteiger partial charge >= 0.3 is 0 Å². The topological polar surface area (TPSA) is 24.5 Å². The van der Waals surface area contributed by atoms with E-state index in [1.54, 1.807) is 0 Å². The fraction of sp³-hybridized carbons (Fsp3) is 0.385. The Morgan fingerprint density at radius 1 is 1.29 bits per heavy atom. The lowest BCUT2D eigenvalue weighted by atomic mass is 9.81. The van der Waals surface area contributed by atoms with Crippen LogP contribution in [-0.2, 0) is 4.84 Å². The van der Waals surface area contributed by atoms with Crippen molar-refractivity contribution in [1.82, 2.24) is 10.2 Å². The summed E-state index contributed by atoms with van der Waals surface area (Å²) in [5, 5.41) is 0. The summed E-state index contributed by atoms with van der Waals surface area (Å²) in [7, 11) is 2.80. The van der Waals surface area contributed by atoms with E-state index in [0.717, 1.165) is 19.7 Å². The number of hydroxylamine groups is 1. The Morgan fingerprint density at radius 2 is 2.12 bits per heavy atom. The highest BCUT2D eigenvalue weighted by molar-refractivity contribution is 7.13. The van der Waals surface area contributed by atoms with Gasteiger partial charge < -0.3 is 4.84 Å². The monoisotopic (exact) mass is 248 g/mol. The molecule has 0 bridgehead atoms. The third-order valence-corrected chi connectivity index (χ3v) is 4.05. The number of nitrogens with zero attached hydrogens (tertiary/aromatic N) is 1. The molecule has 2 fully saturated rings. The maximum atomic E-state index is 5.49. The SMILES string of the molecule is PN1CC2CONC2(C2=CC=CC=CC=C2)C1. The zero-order valence-corrected chi connectivity index (χ0v) is 10.8. The van der Waals surface area contributed by atoms with Crippen LogP contribution >= 0.6 is 9.39 Å². The zero-order chi connectivity index (χ0) is 11.7. The molecule has 0 aromatic heterocycles. The second kappa shape index (κ2) is 4.51. The van der Waals surface area contributed by atoms with Crippen LogP contribution in [0.2, 0.25) is 0 Å². The summed E-state index contributed by atoms with van der Waals surface area (Å²) >= 11 is 0. The van der Waals surface area contributed by atoms with E-state index in [9.17, 15) is 0 Å². The van der Waals surface area contributed by atoms with E-state index in [1.807, 2.05) is 6.08 Å². The maximum Gasteiger partial charge on any atom is 0.0873 e. The van der Waals surface area contributed by atoms with Crippen molar-refractivity contribution in [2.75, 3.05) is 19.7 Å². The highest BCUT2D eigenvalue weighted by atomic mass is 31.0. The molecule has 4 heteroatoms. The van der Waals surface area contributed by atoms with Gasteiger partial charge in [0, 0.05) is 19.0 Å². The second-order valence-corrected chi connectivity index (χ2v) is 5.49. The summed E-state index contributed by atoms with van der Waals surface area (Å²) < 4.78 is 2.28. The second-order valence-electron chi connectivity index (χ2n) is 4.76. The molecule has 3 atom stereocenters. The van der Waals surface area contributed by atoms with Gasteiger partial charge in [-0.05, 0) is 5.57 Å². The van der Waals surface area contributed by atoms with E-state index in [0.29, 0.717) is 5.92 Å². The molecule has 3 unspecified atom stereocenters. The molecule has 3 aliphatic rings. The van der Waals surface area contributed by atoms with Gasteiger partial charge in [0.15, 0.2) is 0 Å². The Morgan fingerprint density at radius 3 is 3.06 bits per heavy atom. The summed E-state index contributed by atoms with van der Waals surface area (Å²) in [4.78, 5) is 5.49. The van der Waals surface area contributed by atoms with Crippen LogP contribution in [0, 0.1) is 5.92 Å². The van der Waals surface area contributed by atoms with Crippen molar-refractivity contribution in [3.05, 3.63) is 48.1 Å². The molecule has 2 saturated heterocycles. The predicted octanol–water partition coefficient (Wildman–Crippen LogP) is 1.59. The van der Waals surface area contributed by atoms with Crippen molar-refractivity contribution in [2.45, 2.75) is 5.54 Å². The van der Waals surface area contributed by atoms with Crippen molar-refractivity contribution in [3.8, 4) is 0 Å². The van der Waals surface area contributed by atoms with E-state index in [-0.39, 0.29) is 5.54 Å². The largest absolute Gasteiger partial charge is 0.300 e. The molecular formula is C13H17N2OP. The lowest BCUT2D eigenvalue weighted by Gasteiger charge is -2.28. The van der Waals surface area contributed by atoms with E-state index >= 15 is 0 Å². The van der Waals surface area contributed by atoms with Crippen LogP contribution in [0.1, 0.15) is 0 Å². The van der Waals surface area contributed by atoms with Crippen LogP contribution in [0.5, 0.6) is 0 Å². The zero-order valence-electron chi connectivity index (χ0n) is 9.67. The summed E-state index contributed by atoms with van der Waals surface area (Å²) in [6.45, 7) is 2.81. The number of hydrogen-bond acceptors (Lipinski definition) is 3. The lowest BCUT2D eigenvalue weighted by molar-refractivity contribution is 0.0649. The maximum absolute atomic E-state index is 5.49. The highest BCUT2D eigenvalue weighted by Crippen LogP contribution is 2.39. The Hall–Kier alpha value is -0.730. The first-order valence-electron chi connectivity index (χ1n) is 5.92. The predicted molar refractivity (Wildman–Crippen MR) is 72.1 cm³/mol. The van der Waals surface area contributed by atoms with Crippen LogP contribution in [0.4, 0.5) is 0 Å². The summed E-state index contributed by atoms with van der Waals surface area (Å²) in [6.07, 6.45) is 14.7. The fourth-order valence-corrected chi connectivity index (χ4v) is 3.33. The number of allylic oxidation sites excluding steroid dienone is 6. The lowest BCUT2D eigenvalue weighted by Crippen LogP contribution is -2.46. The summed E-state index contributed by atoms with van der Waals surface area (Å²) in [6, 6.07) is 0. The first-order valence-corrected chi connectivity index (χ1v) is 6.44. The first-order chi connectivity index (χ1) is 8.31. The Kier molecular flexibility index (Phi) is 3.01. The minimum absolute atomic E-state index is 0.0478. The molecule has 0 radical (unpaired) electrons. The van der Waals surface area contributed by atoms with Gasteiger partial charge in [-0.1, -0.05) is 51.9 Å². The van der Waals surface area contributed by atoms with Crippen molar-refractivity contribution in [2.24, 2.45) is 5.92 Å². The molecule has 0 aromatic rings. The van der Waals surface area contributed by atoms with Gasteiger partial charge in [-0.2, -0.15) is 5.48 Å². The van der Waals surface area contributed by atoms with Crippen LogP contribution in [-0.4, -0.2) is 29.9 Å². The van der Waals surface area contributed by atoms with Gasteiger partial charge in [-0.3, -0.25) is 4.67 Å². The first kappa shape index (κ1) is 11.4. The van der Waals surface area contributed by atoms with Crippen LogP contribution in [0.15, 0.2) is 48.1 Å². The van der Waals surface area contributed by atoms with Gasteiger partial charge in [-0.15, -0.1) is 0 Å². The van der Waals surface area contributed by atoms with E-state index in [1.165, 1.54) is 5.57 Å². The van der Waals surface area contributed by atoms with Crippen molar-refractivity contribution < 1.29 is 4.84 Å². The number of rotatable bonds is 1. The number of hydrogen-bond donors (Lipinski definition) is 1. The molecule has 17 heavy (non-hydrogen) atoms. The van der Waals surface area contributed by atoms with Crippen LogP contribution < -0.4 is 5.48 Å². The quantitative estimate of drug-likeness (QED) is 0.713.